The number of fused-ring (bicyclic) bond motifs is 3. The lowest BCUT2D eigenvalue weighted by atomic mass is 9.98. The highest BCUT2D eigenvalue weighted by atomic mass is 16.6. The van der Waals surface area contributed by atoms with E-state index in [0.717, 1.165) is 11.1 Å². The van der Waals surface area contributed by atoms with Gasteiger partial charge in [0.2, 0.25) is 0 Å². The number of rotatable bonds is 4. The van der Waals surface area contributed by atoms with Crippen molar-refractivity contribution >= 4 is 17.7 Å². The maximum atomic E-state index is 13.2. The maximum Gasteiger partial charge on any atom is 0.414 e. The summed E-state index contributed by atoms with van der Waals surface area (Å²) >= 11 is 0. The van der Waals surface area contributed by atoms with Gasteiger partial charge in [0.15, 0.2) is 0 Å². The molecule has 4 rings (SSSR count). The van der Waals surface area contributed by atoms with Crippen LogP contribution in [0.4, 0.5) is 10.5 Å². The molecule has 3 aromatic carbocycles. The first-order valence-electron chi connectivity index (χ1n) is 10.3. The van der Waals surface area contributed by atoms with E-state index in [1.807, 2.05) is 45.0 Å². The third-order valence-corrected chi connectivity index (χ3v) is 5.56. The number of aromatic carboxylic acids is 1. The molecule has 0 saturated heterocycles. The van der Waals surface area contributed by atoms with E-state index in [0.29, 0.717) is 5.69 Å². The third kappa shape index (κ3) is 3.91. The van der Waals surface area contributed by atoms with Gasteiger partial charge >= 0.3 is 12.1 Å². The van der Waals surface area contributed by atoms with Crippen LogP contribution >= 0.6 is 0 Å². The monoisotopic (exact) mass is 415 g/mol. The number of hydrogen-bond acceptors (Lipinski definition) is 3. The van der Waals surface area contributed by atoms with E-state index in [9.17, 15) is 9.59 Å². The van der Waals surface area contributed by atoms with Gasteiger partial charge in [-0.15, -0.1) is 0 Å². The molecule has 1 amide bonds. The van der Waals surface area contributed by atoms with Gasteiger partial charge in [-0.05, 0) is 67.3 Å². The Bertz CT molecular complexity index is 1080. The van der Waals surface area contributed by atoms with Crippen molar-refractivity contribution in [3.05, 3.63) is 89.5 Å². The van der Waals surface area contributed by atoms with Gasteiger partial charge in [0.1, 0.15) is 6.61 Å². The van der Waals surface area contributed by atoms with Gasteiger partial charge in [-0.3, -0.25) is 4.90 Å². The average molecular weight is 415 g/mol. The van der Waals surface area contributed by atoms with Crippen molar-refractivity contribution in [1.82, 2.24) is 0 Å². The van der Waals surface area contributed by atoms with Crippen molar-refractivity contribution in [2.75, 3.05) is 11.5 Å². The summed E-state index contributed by atoms with van der Waals surface area (Å²) in [5, 5.41) is 9.14. The molecular formula is C26H25NO4. The minimum atomic E-state index is -1.00. The second kappa shape index (κ2) is 7.91. The molecular weight excluding hydrogens is 390 g/mol. The highest BCUT2D eigenvalue weighted by Gasteiger charge is 2.33. The molecule has 1 aliphatic rings. The third-order valence-electron chi connectivity index (χ3n) is 5.56. The maximum absolute atomic E-state index is 13.2. The van der Waals surface area contributed by atoms with Crippen LogP contribution in [0.1, 0.15) is 48.2 Å². The van der Waals surface area contributed by atoms with E-state index in [1.165, 1.54) is 23.3 Å². The van der Waals surface area contributed by atoms with Crippen LogP contribution in [0, 0.1) is 0 Å². The Labute approximate surface area is 181 Å². The molecule has 0 spiro atoms. The van der Waals surface area contributed by atoms with E-state index in [2.05, 4.69) is 24.3 Å². The summed E-state index contributed by atoms with van der Waals surface area (Å²) < 4.78 is 5.83. The Morgan fingerprint density at radius 3 is 1.87 bits per heavy atom. The Kier molecular flexibility index (Phi) is 5.27. The predicted molar refractivity (Wildman–Crippen MR) is 121 cm³/mol. The van der Waals surface area contributed by atoms with Crippen LogP contribution < -0.4 is 4.90 Å². The van der Waals surface area contributed by atoms with Crippen molar-refractivity contribution in [2.24, 2.45) is 0 Å². The molecule has 0 saturated carbocycles. The van der Waals surface area contributed by atoms with Gasteiger partial charge < -0.3 is 9.84 Å². The molecule has 0 fully saturated rings. The van der Waals surface area contributed by atoms with E-state index in [1.54, 1.807) is 17.0 Å². The summed E-state index contributed by atoms with van der Waals surface area (Å²) in [6, 6.07) is 22.7. The summed E-state index contributed by atoms with van der Waals surface area (Å²) in [5.41, 5.74) is 4.88. The second-order valence-electron chi connectivity index (χ2n) is 8.66. The zero-order valence-electron chi connectivity index (χ0n) is 17.8. The number of hydrogen-bond donors (Lipinski definition) is 1. The standard InChI is InChI=1S/C26H25NO4/c1-26(2,3)27(18-14-12-17(13-15-18)24(28)29)25(30)31-16-23-21-10-6-4-8-19(21)20-9-5-7-11-22(20)23/h4-15,23H,16H2,1-3H3,(H,28,29). The lowest BCUT2D eigenvalue weighted by molar-refractivity contribution is 0.0697. The van der Waals surface area contributed by atoms with Crippen LogP contribution in [0.15, 0.2) is 72.8 Å². The van der Waals surface area contributed by atoms with Crippen LogP contribution in [0.25, 0.3) is 11.1 Å². The van der Waals surface area contributed by atoms with Gasteiger partial charge in [-0.25, -0.2) is 9.59 Å². The minimum absolute atomic E-state index is 0.0208. The SMILES string of the molecule is CC(C)(C)N(C(=O)OCC1c2ccccc2-c2ccccc21)c1ccc(C(=O)O)cc1. The topological polar surface area (TPSA) is 66.8 Å². The number of nitrogens with zero attached hydrogens (tertiary/aromatic N) is 1. The highest BCUT2D eigenvalue weighted by molar-refractivity contribution is 5.92. The molecule has 0 aliphatic heterocycles. The Morgan fingerprint density at radius 2 is 1.39 bits per heavy atom. The summed E-state index contributed by atoms with van der Waals surface area (Å²) in [7, 11) is 0. The summed E-state index contributed by atoms with van der Waals surface area (Å²) in [4.78, 5) is 25.9. The van der Waals surface area contributed by atoms with Gasteiger partial charge in [0, 0.05) is 17.1 Å². The van der Waals surface area contributed by atoms with Crippen LogP contribution in [0.5, 0.6) is 0 Å². The molecule has 31 heavy (non-hydrogen) atoms. The fourth-order valence-corrected chi connectivity index (χ4v) is 4.18. The molecule has 1 aliphatic carbocycles. The summed E-state index contributed by atoms with van der Waals surface area (Å²) in [5.74, 6) is -1.03. The van der Waals surface area contributed by atoms with E-state index < -0.39 is 17.6 Å². The van der Waals surface area contributed by atoms with Crippen LogP contribution in [-0.4, -0.2) is 29.3 Å². The molecule has 5 heteroatoms. The first-order valence-corrected chi connectivity index (χ1v) is 10.3. The number of anilines is 1. The Balaban J connectivity index is 1.58. The molecule has 158 valence electrons. The zero-order chi connectivity index (χ0) is 22.2. The lowest BCUT2D eigenvalue weighted by Gasteiger charge is -2.35. The predicted octanol–water partition coefficient (Wildman–Crippen LogP) is 5.94. The quantitative estimate of drug-likeness (QED) is 0.573. The molecule has 0 atom stereocenters. The molecule has 0 radical (unpaired) electrons. The number of carboxylic acid groups (broad SMARTS) is 1. The van der Waals surface area contributed by atoms with Gasteiger partial charge in [0.05, 0.1) is 5.56 Å². The highest BCUT2D eigenvalue weighted by Crippen LogP contribution is 2.44. The first-order chi connectivity index (χ1) is 14.8. The van der Waals surface area contributed by atoms with E-state index in [-0.39, 0.29) is 18.1 Å². The normalized spacial score (nSPS) is 12.7. The van der Waals surface area contributed by atoms with Crippen LogP contribution in [0.2, 0.25) is 0 Å². The van der Waals surface area contributed by atoms with Gasteiger partial charge in [-0.2, -0.15) is 0 Å². The molecule has 3 aromatic rings. The number of benzene rings is 3. The van der Waals surface area contributed by atoms with Crippen molar-refractivity contribution in [3.8, 4) is 11.1 Å². The Hall–Kier alpha value is -3.60. The molecule has 0 heterocycles. The van der Waals surface area contributed by atoms with Crippen molar-refractivity contribution in [3.63, 3.8) is 0 Å². The first kappa shape index (κ1) is 20.7. The summed E-state index contributed by atoms with van der Waals surface area (Å²) in [6.45, 7) is 5.98. The van der Waals surface area contributed by atoms with Crippen LogP contribution in [0.3, 0.4) is 0 Å². The number of amides is 1. The summed E-state index contributed by atoms with van der Waals surface area (Å²) in [6.07, 6.45) is -0.461. The molecule has 0 unspecified atom stereocenters. The van der Waals surface area contributed by atoms with Gasteiger partial charge in [-0.1, -0.05) is 48.5 Å². The molecule has 0 aromatic heterocycles. The van der Waals surface area contributed by atoms with E-state index in [4.69, 9.17) is 9.84 Å². The second-order valence-corrected chi connectivity index (χ2v) is 8.66. The lowest BCUT2D eigenvalue weighted by Crippen LogP contribution is -2.46. The zero-order valence-corrected chi connectivity index (χ0v) is 17.8. The Morgan fingerprint density at radius 1 is 0.871 bits per heavy atom. The van der Waals surface area contributed by atoms with E-state index >= 15 is 0 Å². The largest absolute Gasteiger partial charge is 0.478 e. The minimum Gasteiger partial charge on any atom is -0.478 e. The fourth-order valence-electron chi connectivity index (χ4n) is 4.18. The van der Waals surface area contributed by atoms with Crippen molar-refractivity contribution in [1.29, 1.82) is 0 Å². The smallest absolute Gasteiger partial charge is 0.414 e. The molecule has 0 bridgehead atoms. The average Bonchev–Trinajstić information content (AvgIpc) is 3.05. The number of ether oxygens (including phenoxy) is 1. The number of carboxylic acids is 1. The number of carbonyl (C=O) groups is 2. The van der Waals surface area contributed by atoms with Crippen LogP contribution in [-0.2, 0) is 4.74 Å². The van der Waals surface area contributed by atoms with Gasteiger partial charge in [0.25, 0.3) is 0 Å². The van der Waals surface area contributed by atoms with Crippen molar-refractivity contribution in [2.45, 2.75) is 32.2 Å². The molecule has 5 nitrogen and oxygen atoms in total. The molecule has 1 N–H and O–H groups in total. The van der Waals surface area contributed by atoms with Crippen molar-refractivity contribution < 1.29 is 19.4 Å². The fraction of sp³-hybridized carbons (Fsp3) is 0.231. The number of carbonyl (C=O) groups excluding carboxylic acids is 1.